The van der Waals surface area contributed by atoms with Crippen LogP contribution in [0.25, 0.3) is 0 Å². The topological polar surface area (TPSA) is 34.4 Å². The van der Waals surface area contributed by atoms with Gasteiger partial charge in [0, 0.05) is 22.6 Å². The van der Waals surface area contributed by atoms with Crippen LogP contribution in [-0.2, 0) is 23.5 Å². The van der Waals surface area contributed by atoms with Crippen LogP contribution in [0.4, 0.5) is 0 Å². The standard InChI is InChI=1S/C15H19NO2S2/c1-16-15(12-4-3-11(18-12)8-17-2)14-7-10-9-19-6-5-13(10)20-14/h3-4,7,15-16H,5-6,8-9H2,1-2H3. The van der Waals surface area contributed by atoms with Crippen LogP contribution in [0, 0.1) is 0 Å². The van der Waals surface area contributed by atoms with Crippen LogP contribution in [0.2, 0.25) is 0 Å². The molecule has 1 N–H and O–H groups in total. The van der Waals surface area contributed by atoms with E-state index in [2.05, 4.69) is 11.4 Å². The molecule has 5 heteroatoms. The first-order valence-corrected chi connectivity index (χ1v) is 8.73. The number of aryl methyl sites for hydroxylation is 1. The average molecular weight is 309 g/mol. The van der Waals surface area contributed by atoms with E-state index >= 15 is 0 Å². The van der Waals surface area contributed by atoms with Gasteiger partial charge in [-0.15, -0.1) is 11.3 Å². The number of furan rings is 1. The van der Waals surface area contributed by atoms with E-state index in [0.717, 1.165) is 17.3 Å². The fourth-order valence-electron chi connectivity index (χ4n) is 2.51. The van der Waals surface area contributed by atoms with Gasteiger partial charge in [-0.25, -0.2) is 0 Å². The first-order valence-electron chi connectivity index (χ1n) is 6.76. The Bertz CT molecular complexity index is 553. The Balaban J connectivity index is 1.86. The number of rotatable bonds is 5. The second kappa shape index (κ2) is 6.35. The Kier molecular flexibility index (Phi) is 4.51. The predicted molar refractivity (Wildman–Crippen MR) is 84.5 cm³/mol. The number of thioether (sulfide) groups is 1. The van der Waals surface area contributed by atoms with Gasteiger partial charge >= 0.3 is 0 Å². The van der Waals surface area contributed by atoms with Gasteiger partial charge in [0.15, 0.2) is 0 Å². The van der Waals surface area contributed by atoms with E-state index in [0.29, 0.717) is 6.61 Å². The Morgan fingerprint density at radius 1 is 1.45 bits per heavy atom. The summed E-state index contributed by atoms with van der Waals surface area (Å²) in [6, 6.07) is 6.52. The van der Waals surface area contributed by atoms with Crippen LogP contribution in [0.3, 0.4) is 0 Å². The molecule has 3 heterocycles. The smallest absolute Gasteiger partial charge is 0.129 e. The van der Waals surface area contributed by atoms with Gasteiger partial charge in [-0.1, -0.05) is 0 Å². The number of fused-ring (bicyclic) bond motifs is 1. The van der Waals surface area contributed by atoms with Crippen LogP contribution < -0.4 is 5.32 Å². The summed E-state index contributed by atoms with van der Waals surface area (Å²) in [6.45, 7) is 0.522. The van der Waals surface area contributed by atoms with Crippen LogP contribution in [-0.4, -0.2) is 19.9 Å². The van der Waals surface area contributed by atoms with Crippen LogP contribution in [0.5, 0.6) is 0 Å². The predicted octanol–water partition coefficient (Wildman–Crippen LogP) is 3.59. The van der Waals surface area contributed by atoms with Gasteiger partial charge in [0.05, 0.1) is 0 Å². The maximum atomic E-state index is 5.88. The molecule has 0 bridgehead atoms. The summed E-state index contributed by atoms with van der Waals surface area (Å²) in [7, 11) is 3.67. The molecule has 0 fully saturated rings. The van der Waals surface area contributed by atoms with Gasteiger partial charge in [0.25, 0.3) is 0 Å². The van der Waals surface area contributed by atoms with Crippen molar-refractivity contribution in [2.45, 2.75) is 24.8 Å². The Morgan fingerprint density at radius 3 is 3.10 bits per heavy atom. The molecule has 3 nitrogen and oxygen atoms in total. The zero-order valence-electron chi connectivity index (χ0n) is 11.8. The van der Waals surface area contributed by atoms with Gasteiger partial charge in [-0.2, -0.15) is 11.8 Å². The lowest BCUT2D eigenvalue weighted by Gasteiger charge is -2.11. The van der Waals surface area contributed by atoms with E-state index in [1.165, 1.54) is 22.6 Å². The van der Waals surface area contributed by atoms with E-state index in [-0.39, 0.29) is 6.04 Å². The lowest BCUT2D eigenvalue weighted by molar-refractivity contribution is 0.162. The molecule has 20 heavy (non-hydrogen) atoms. The highest BCUT2D eigenvalue weighted by Crippen LogP contribution is 2.36. The Hall–Kier alpha value is -0.750. The normalized spacial score (nSPS) is 16.1. The van der Waals surface area contributed by atoms with Crippen molar-refractivity contribution in [1.29, 1.82) is 0 Å². The third-order valence-corrected chi connectivity index (χ3v) is 5.78. The number of thiophene rings is 1. The van der Waals surface area contributed by atoms with Crippen LogP contribution in [0.15, 0.2) is 22.6 Å². The number of nitrogens with one attached hydrogen (secondary N) is 1. The van der Waals surface area contributed by atoms with Crippen molar-refractivity contribution in [3.63, 3.8) is 0 Å². The van der Waals surface area contributed by atoms with Crippen LogP contribution >= 0.6 is 23.1 Å². The van der Waals surface area contributed by atoms with Crippen molar-refractivity contribution < 1.29 is 9.15 Å². The molecule has 2 aromatic rings. The van der Waals surface area contributed by atoms with Gasteiger partial charge in [0.1, 0.15) is 24.2 Å². The third-order valence-electron chi connectivity index (χ3n) is 3.47. The van der Waals surface area contributed by atoms with E-state index in [4.69, 9.17) is 9.15 Å². The summed E-state index contributed by atoms with van der Waals surface area (Å²) in [4.78, 5) is 2.89. The number of ether oxygens (including phenoxy) is 1. The first-order chi connectivity index (χ1) is 9.81. The van der Waals surface area contributed by atoms with E-state index in [9.17, 15) is 0 Å². The zero-order valence-corrected chi connectivity index (χ0v) is 13.4. The number of hydrogen-bond acceptors (Lipinski definition) is 5. The second-order valence-corrected chi connectivity index (χ2v) is 7.13. The molecule has 1 atom stereocenters. The zero-order chi connectivity index (χ0) is 13.9. The molecule has 0 amide bonds. The summed E-state index contributed by atoms with van der Waals surface area (Å²) in [5.41, 5.74) is 1.50. The molecule has 108 valence electrons. The molecular formula is C15H19NO2S2. The molecule has 0 saturated carbocycles. The minimum absolute atomic E-state index is 0.140. The van der Waals surface area contributed by atoms with Crippen molar-refractivity contribution >= 4 is 23.1 Å². The maximum Gasteiger partial charge on any atom is 0.129 e. The summed E-state index contributed by atoms with van der Waals surface area (Å²) < 4.78 is 11.0. The summed E-state index contributed by atoms with van der Waals surface area (Å²) in [5.74, 6) is 4.23. The van der Waals surface area contributed by atoms with Crippen LogP contribution in [0.1, 0.15) is 32.9 Å². The molecule has 1 aliphatic heterocycles. The van der Waals surface area contributed by atoms with Crippen molar-refractivity contribution in [3.8, 4) is 0 Å². The molecule has 0 spiro atoms. The van der Waals surface area contributed by atoms with Gasteiger partial charge in [0.2, 0.25) is 0 Å². The van der Waals surface area contributed by atoms with Gasteiger partial charge < -0.3 is 14.5 Å². The molecule has 0 radical (unpaired) electrons. The fraction of sp³-hybridized carbons (Fsp3) is 0.467. The van der Waals surface area contributed by atoms with E-state index < -0.39 is 0 Å². The highest BCUT2D eigenvalue weighted by Gasteiger charge is 2.22. The lowest BCUT2D eigenvalue weighted by atomic mass is 10.1. The van der Waals surface area contributed by atoms with Crippen molar-refractivity contribution in [2.24, 2.45) is 0 Å². The molecule has 0 aliphatic carbocycles. The second-order valence-electron chi connectivity index (χ2n) is 4.86. The highest BCUT2D eigenvalue weighted by molar-refractivity contribution is 7.98. The molecular weight excluding hydrogens is 290 g/mol. The summed E-state index contributed by atoms with van der Waals surface area (Å²) in [5, 5.41) is 3.37. The van der Waals surface area contributed by atoms with Crippen molar-refractivity contribution in [1.82, 2.24) is 5.32 Å². The first kappa shape index (κ1) is 14.2. The Morgan fingerprint density at radius 2 is 2.35 bits per heavy atom. The highest BCUT2D eigenvalue weighted by atomic mass is 32.2. The van der Waals surface area contributed by atoms with Crippen molar-refractivity contribution in [3.05, 3.63) is 45.0 Å². The monoisotopic (exact) mass is 309 g/mol. The van der Waals surface area contributed by atoms with Gasteiger partial charge in [-0.3, -0.25) is 0 Å². The minimum Gasteiger partial charge on any atom is -0.462 e. The fourth-order valence-corrected chi connectivity index (χ4v) is 5.00. The van der Waals surface area contributed by atoms with Gasteiger partial charge in [-0.05, 0) is 43.0 Å². The quantitative estimate of drug-likeness (QED) is 0.915. The molecule has 1 unspecified atom stereocenters. The number of hydrogen-bond donors (Lipinski definition) is 1. The molecule has 1 aliphatic rings. The molecule has 0 aromatic carbocycles. The van der Waals surface area contributed by atoms with E-state index in [1.807, 2.05) is 42.3 Å². The SMILES string of the molecule is CNC(c1ccc(COC)o1)c1cc2c(s1)CCSC2. The lowest BCUT2D eigenvalue weighted by Crippen LogP contribution is -2.15. The number of methoxy groups -OCH3 is 1. The van der Waals surface area contributed by atoms with Crippen molar-refractivity contribution in [2.75, 3.05) is 19.9 Å². The molecule has 2 aromatic heterocycles. The largest absolute Gasteiger partial charge is 0.462 e. The molecule has 0 saturated heterocycles. The Labute approximate surface area is 127 Å². The summed E-state index contributed by atoms with van der Waals surface area (Å²) in [6.07, 6.45) is 1.20. The third kappa shape index (κ3) is 2.81. The molecule has 3 rings (SSSR count). The minimum atomic E-state index is 0.140. The van der Waals surface area contributed by atoms with E-state index in [1.54, 1.807) is 12.0 Å². The summed E-state index contributed by atoms with van der Waals surface area (Å²) >= 11 is 3.94. The average Bonchev–Trinajstić information content (AvgIpc) is 3.07. The maximum absolute atomic E-state index is 5.88.